The first kappa shape index (κ1) is 14.5. The zero-order valence-electron chi connectivity index (χ0n) is 9.61. The molecule has 1 aromatic rings. The van der Waals surface area contributed by atoms with E-state index in [1.54, 1.807) is 12.1 Å². The summed E-state index contributed by atoms with van der Waals surface area (Å²) in [5, 5.41) is 22.1. The number of benzene rings is 1. The fraction of sp³-hybridized carbons (Fsp3) is 0.273. The largest absolute Gasteiger partial charge is 0.480 e. The molecule has 0 saturated heterocycles. The second-order valence-corrected chi connectivity index (χ2v) is 4.55. The van der Waals surface area contributed by atoms with Gasteiger partial charge in [-0.2, -0.15) is 0 Å². The summed E-state index contributed by atoms with van der Waals surface area (Å²) in [5.41, 5.74) is 1.40. The predicted octanol–water partition coefficient (Wildman–Crippen LogP) is 1.32. The van der Waals surface area contributed by atoms with Crippen molar-refractivity contribution in [1.29, 1.82) is 0 Å². The van der Waals surface area contributed by atoms with E-state index in [4.69, 9.17) is 10.2 Å². The van der Waals surface area contributed by atoms with Crippen molar-refractivity contribution in [3.05, 3.63) is 28.2 Å². The van der Waals surface area contributed by atoms with Crippen LogP contribution in [0.3, 0.4) is 0 Å². The summed E-state index contributed by atoms with van der Waals surface area (Å²) in [6, 6.07) is 3.33. The molecule has 0 aromatic heterocycles. The summed E-state index contributed by atoms with van der Waals surface area (Å²) < 4.78 is 0.792. The van der Waals surface area contributed by atoms with E-state index in [-0.39, 0.29) is 0 Å². The Morgan fingerprint density at radius 2 is 2.11 bits per heavy atom. The lowest BCUT2D eigenvalue weighted by atomic mass is 10.2. The summed E-state index contributed by atoms with van der Waals surface area (Å²) in [5.74, 6) is -1.29. The first-order valence-corrected chi connectivity index (χ1v) is 5.90. The van der Waals surface area contributed by atoms with Crippen molar-refractivity contribution in [2.45, 2.75) is 13.0 Å². The number of aliphatic carboxylic acids is 1. The van der Waals surface area contributed by atoms with Gasteiger partial charge >= 0.3 is 12.0 Å². The number of urea groups is 1. The highest BCUT2D eigenvalue weighted by Gasteiger charge is 2.18. The third-order valence-corrected chi connectivity index (χ3v) is 2.73. The van der Waals surface area contributed by atoms with Crippen LogP contribution in [0.4, 0.5) is 10.5 Å². The smallest absolute Gasteiger partial charge is 0.328 e. The van der Waals surface area contributed by atoms with Crippen LogP contribution in [-0.4, -0.2) is 34.9 Å². The molecule has 6 nitrogen and oxygen atoms in total. The quantitative estimate of drug-likeness (QED) is 0.673. The van der Waals surface area contributed by atoms with Gasteiger partial charge in [0.25, 0.3) is 0 Å². The Kier molecular flexibility index (Phi) is 5.11. The van der Waals surface area contributed by atoms with Crippen molar-refractivity contribution >= 4 is 33.6 Å². The molecule has 7 heteroatoms. The number of carboxylic acid groups (broad SMARTS) is 1. The average molecular weight is 317 g/mol. The van der Waals surface area contributed by atoms with Crippen LogP contribution < -0.4 is 10.6 Å². The zero-order chi connectivity index (χ0) is 13.7. The topological polar surface area (TPSA) is 98.7 Å². The van der Waals surface area contributed by atoms with Gasteiger partial charge in [0, 0.05) is 10.2 Å². The molecular formula is C11H13BrN2O4. The van der Waals surface area contributed by atoms with Crippen molar-refractivity contribution in [2.75, 3.05) is 11.9 Å². The Morgan fingerprint density at radius 3 is 2.67 bits per heavy atom. The van der Waals surface area contributed by atoms with Gasteiger partial charge < -0.3 is 20.8 Å². The molecule has 0 bridgehead atoms. The molecule has 0 aliphatic carbocycles. The normalized spacial score (nSPS) is 11.7. The summed E-state index contributed by atoms with van der Waals surface area (Å²) >= 11 is 3.27. The molecule has 1 unspecified atom stereocenters. The maximum atomic E-state index is 11.5. The molecule has 0 radical (unpaired) electrons. The Labute approximate surface area is 112 Å². The minimum Gasteiger partial charge on any atom is -0.480 e. The molecule has 1 aromatic carbocycles. The molecular weight excluding hydrogens is 304 g/mol. The number of carboxylic acids is 1. The van der Waals surface area contributed by atoms with Crippen LogP contribution >= 0.6 is 15.9 Å². The summed E-state index contributed by atoms with van der Waals surface area (Å²) in [7, 11) is 0. The molecule has 0 aliphatic heterocycles. The van der Waals surface area contributed by atoms with Crippen molar-refractivity contribution in [1.82, 2.24) is 5.32 Å². The molecule has 1 rings (SSSR count). The molecule has 18 heavy (non-hydrogen) atoms. The molecule has 0 fully saturated rings. The number of anilines is 1. The molecule has 98 valence electrons. The van der Waals surface area contributed by atoms with Crippen LogP contribution in [0.5, 0.6) is 0 Å². The van der Waals surface area contributed by atoms with Crippen molar-refractivity contribution in [3.8, 4) is 0 Å². The number of nitrogens with one attached hydrogen (secondary N) is 2. The van der Waals surface area contributed by atoms with Crippen molar-refractivity contribution in [3.63, 3.8) is 0 Å². The molecule has 0 heterocycles. The monoisotopic (exact) mass is 316 g/mol. The molecule has 2 amide bonds. The Hall–Kier alpha value is -1.60. The first-order chi connectivity index (χ1) is 8.43. The second-order valence-electron chi connectivity index (χ2n) is 3.63. The number of rotatable bonds is 4. The Balaban J connectivity index is 2.70. The Morgan fingerprint density at radius 1 is 1.44 bits per heavy atom. The lowest BCUT2D eigenvalue weighted by Crippen LogP contribution is -2.45. The minimum atomic E-state index is -1.32. The Bertz CT molecular complexity index is 464. The minimum absolute atomic E-state index is 0.559. The van der Waals surface area contributed by atoms with Crippen LogP contribution in [0.2, 0.25) is 0 Å². The molecule has 0 saturated carbocycles. The van der Waals surface area contributed by atoms with Gasteiger partial charge in [-0.15, -0.1) is 0 Å². The van der Waals surface area contributed by atoms with Crippen LogP contribution in [0.1, 0.15) is 5.56 Å². The highest BCUT2D eigenvalue weighted by Crippen LogP contribution is 2.20. The number of aliphatic hydroxyl groups is 1. The van der Waals surface area contributed by atoms with Crippen molar-refractivity contribution < 1.29 is 19.8 Å². The molecule has 0 spiro atoms. The number of aliphatic hydroxyl groups excluding tert-OH is 1. The van der Waals surface area contributed by atoms with Gasteiger partial charge in [0.15, 0.2) is 6.04 Å². The number of hydrogen-bond donors (Lipinski definition) is 4. The van der Waals surface area contributed by atoms with Gasteiger partial charge in [-0.3, -0.25) is 0 Å². The van der Waals surface area contributed by atoms with E-state index < -0.39 is 24.6 Å². The van der Waals surface area contributed by atoms with E-state index in [2.05, 4.69) is 26.6 Å². The average Bonchev–Trinajstić information content (AvgIpc) is 2.30. The third-order valence-electron chi connectivity index (χ3n) is 2.23. The van der Waals surface area contributed by atoms with Crippen LogP contribution in [0.25, 0.3) is 0 Å². The number of carbonyl (C=O) groups excluding carboxylic acids is 1. The zero-order valence-corrected chi connectivity index (χ0v) is 11.2. The van der Waals surface area contributed by atoms with E-state index in [0.29, 0.717) is 5.69 Å². The number of halogens is 1. The van der Waals surface area contributed by atoms with Crippen LogP contribution in [0.15, 0.2) is 22.7 Å². The fourth-order valence-electron chi connectivity index (χ4n) is 1.23. The summed E-state index contributed by atoms with van der Waals surface area (Å²) in [6.07, 6.45) is 0. The number of carbonyl (C=O) groups is 2. The lowest BCUT2D eigenvalue weighted by molar-refractivity contribution is -0.140. The second kappa shape index (κ2) is 6.36. The van der Waals surface area contributed by atoms with E-state index in [1.165, 1.54) is 0 Å². The number of hydrogen-bond acceptors (Lipinski definition) is 3. The van der Waals surface area contributed by atoms with E-state index in [9.17, 15) is 9.59 Å². The van der Waals surface area contributed by atoms with Crippen LogP contribution in [-0.2, 0) is 4.79 Å². The third kappa shape index (κ3) is 4.01. The molecule has 0 aliphatic rings. The van der Waals surface area contributed by atoms with Gasteiger partial charge in [0.05, 0.1) is 6.61 Å². The fourth-order valence-corrected chi connectivity index (χ4v) is 1.59. The van der Waals surface area contributed by atoms with Crippen molar-refractivity contribution in [2.24, 2.45) is 0 Å². The highest BCUT2D eigenvalue weighted by molar-refractivity contribution is 9.10. The van der Waals surface area contributed by atoms with Gasteiger partial charge in [-0.05, 0) is 24.6 Å². The van der Waals surface area contributed by atoms with Gasteiger partial charge in [0.1, 0.15) is 0 Å². The molecule has 1 atom stereocenters. The standard InChI is InChI=1S/C11H13BrN2O4/c1-6-2-3-7(12)4-8(6)13-11(18)14-9(5-15)10(16)17/h2-4,9,15H,5H2,1H3,(H,16,17)(H2,13,14,18). The molecule has 4 N–H and O–H groups in total. The predicted molar refractivity (Wildman–Crippen MR) is 69.5 cm³/mol. The first-order valence-electron chi connectivity index (χ1n) is 5.11. The van der Waals surface area contributed by atoms with E-state index in [0.717, 1.165) is 10.0 Å². The van der Waals surface area contributed by atoms with E-state index >= 15 is 0 Å². The highest BCUT2D eigenvalue weighted by atomic mass is 79.9. The van der Waals surface area contributed by atoms with Gasteiger partial charge in [0.2, 0.25) is 0 Å². The lowest BCUT2D eigenvalue weighted by Gasteiger charge is -2.14. The summed E-state index contributed by atoms with van der Waals surface area (Å²) in [4.78, 5) is 22.2. The van der Waals surface area contributed by atoms with Crippen LogP contribution in [0, 0.1) is 6.92 Å². The van der Waals surface area contributed by atoms with Gasteiger partial charge in [-0.25, -0.2) is 9.59 Å². The van der Waals surface area contributed by atoms with E-state index in [1.807, 2.05) is 13.0 Å². The number of amides is 2. The maximum absolute atomic E-state index is 11.5. The maximum Gasteiger partial charge on any atom is 0.328 e. The van der Waals surface area contributed by atoms with Gasteiger partial charge in [-0.1, -0.05) is 22.0 Å². The summed E-state index contributed by atoms with van der Waals surface area (Å²) in [6.45, 7) is 1.14. The number of aryl methyl sites for hydroxylation is 1. The SMILES string of the molecule is Cc1ccc(Br)cc1NC(=O)NC(CO)C(=O)O.